The molecule has 1 aliphatic rings. The van der Waals surface area contributed by atoms with Crippen molar-refractivity contribution in [2.24, 2.45) is 0 Å². The number of carbonyl (C=O) groups is 1. The van der Waals surface area contributed by atoms with E-state index in [9.17, 15) is 4.79 Å². The lowest BCUT2D eigenvalue weighted by Gasteiger charge is -2.07. The lowest BCUT2D eigenvalue weighted by Crippen LogP contribution is -2.04. The van der Waals surface area contributed by atoms with Crippen LogP contribution >= 0.6 is 22.6 Å². The molecule has 0 saturated heterocycles. The molecule has 0 aliphatic heterocycles. The molecule has 0 aromatic carbocycles. The molecule has 1 aromatic heterocycles. The molecular weight excluding hydrogens is 279 g/mol. The van der Waals surface area contributed by atoms with Crippen LogP contribution in [0.3, 0.4) is 0 Å². The summed E-state index contributed by atoms with van der Waals surface area (Å²) in [5, 5.41) is 4.34. The van der Waals surface area contributed by atoms with Gasteiger partial charge in [0.2, 0.25) is 0 Å². The van der Waals surface area contributed by atoms with Gasteiger partial charge in [-0.15, -0.1) is 0 Å². The first-order valence-electron chi connectivity index (χ1n) is 4.51. The predicted octanol–water partition coefficient (Wildman–Crippen LogP) is 2.42. The fourth-order valence-corrected chi connectivity index (χ4v) is 2.33. The fraction of sp³-hybridized carbons (Fsp3) is 0.556. The van der Waals surface area contributed by atoms with E-state index in [0.29, 0.717) is 11.6 Å². The third-order valence-electron chi connectivity index (χ3n) is 2.54. The second-order valence-electron chi connectivity index (χ2n) is 3.41. The number of hydrogen-bond acceptors (Lipinski definition) is 2. The number of rotatable bonds is 2. The average molecular weight is 290 g/mol. The molecule has 2 rings (SSSR count). The number of aromatic nitrogens is 2. The smallest absolute Gasteiger partial charge is 0.154 e. The molecule has 0 atom stereocenters. The molecule has 1 saturated carbocycles. The predicted molar refractivity (Wildman–Crippen MR) is 57.8 cm³/mol. The van der Waals surface area contributed by atoms with Gasteiger partial charge in [-0.1, -0.05) is 12.8 Å². The van der Waals surface area contributed by atoms with Crippen molar-refractivity contribution in [2.75, 3.05) is 0 Å². The van der Waals surface area contributed by atoms with Gasteiger partial charge in [-0.3, -0.25) is 9.48 Å². The minimum atomic E-state index is 0.530. The summed E-state index contributed by atoms with van der Waals surface area (Å²) in [4.78, 5) is 10.6. The highest BCUT2D eigenvalue weighted by Gasteiger charge is 2.18. The Morgan fingerprint density at radius 1 is 1.54 bits per heavy atom. The topological polar surface area (TPSA) is 34.9 Å². The van der Waals surface area contributed by atoms with Crippen LogP contribution in [0.4, 0.5) is 0 Å². The molecule has 0 amide bonds. The number of nitrogens with zero attached hydrogens (tertiary/aromatic N) is 2. The van der Waals surface area contributed by atoms with Crippen LogP contribution < -0.4 is 0 Å². The molecule has 0 unspecified atom stereocenters. The Kier molecular flexibility index (Phi) is 2.66. The first kappa shape index (κ1) is 9.18. The minimum Gasteiger partial charge on any atom is -0.298 e. The van der Waals surface area contributed by atoms with Gasteiger partial charge in [-0.2, -0.15) is 5.10 Å². The quantitative estimate of drug-likeness (QED) is 0.619. The van der Waals surface area contributed by atoms with Crippen molar-refractivity contribution in [3.63, 3.8) is 0 Å². The van der Waals surface area contributed by atoms with Gasteiger partial charge in [0.1, 0.15) is 3.70 Å². The Morgan fingerprint density at radius 3 is 2.77 bits per heavy atom. The molecule has 70 valence electrons. The monoisotopic (exact) mass is 290 g/mol. The van der Waals surface area contributed by atoms with Crippen LogP contribution in [0.5, 0.6) is 0 Å². The van der Waals surface area contributed by atoms with Crippen LogP contribution in [0.25, 0.3) is 0 Å². The number of aldehydes is 1. The lowest BCUT2D eigenvalue weighted by atomic mass is 10.2. The van der Waals surface area contributed by atoms with E-state index in [-0.39, 0.29) is 0 Å². The molecular formula is C9H11IN2O. The minimum absolute atomic E-state index is 0.530. The van der Waals surface area contributed by atoms with E-state index >= 15 is 0 Å². The Bertz CT molecular complexity index is 315. The molecule has 0 N–H and O–H groups in total. The Morgan fingerprint density at radius 2 is 2.23 bits per heavy atom. The van der Waals surface area contributed by atoms with Crippen LogP contribution in [0.1, 0.15) is 42.1 Å². The van der Waals surface area contributed by atoms with Crippen LogP contribution in [0.2, 0.25) is 0 Å². The number of carbonyl (C=O) groups excluding carboxylic acids is 1. The summed E-state index contributed by atoms with van der Waals surface area (Å²) in [5.74, 6) is 0. The zero-order valence-electron chi connectivity index (χ0n) is 7.24. The van der Waals surface area contributed by atoms with Gasteiger partial charge in [0.05, 0.1) is 11.6 Å². The van der Waals surface area contributed by atoms with Crippen LogP contribution in [0, 0.1) is 3.70 Å². The van der Waals surface area contributed by atoms with E-state index in [1.807, 2.05) is 10.9 Å². The van der Waals surface area contributed by atoms with Gasteiger partial charge >= 0.3 is 0 Å². The summed E-state index contributed by atoms with van der Waals surface area (Å²) >= 11 is 2.10. The highest BCUT2D eigenvalue weighted by molar-refractivity contribution is 14.1. The van der Waals surface area contributed by atoms with E-state index < -0.39 is 0 Å². The van der Waals surface area contributed by atoms with Crippen LogP contribution in [0.15, 0.2) is 6.20 Å². The van der Waals surface area contributed by atoms with E-state index in [4.69, 9.17) is 0 Å². The summed E-state index contributed by atoms with van der Waals surface area (Å²) in [6.45, 7) is 0. The maximum atomic E-state index is 10.6. The van der Waals surface area contributed by atoms with Crippen LogP contribution in [-0.2, 0) is 0 Å². The van der Waals surface area contributed by atoms with E-state index in [1.165, 1.54) is 25.7 Å². The maximum absolute atomic E-state index is 10.6. The molecule has 3 nitrogen and oxygen atoms in total. The highest BCUT2D eigenvalue weighted by Crippen LogP contribution is 2.29. The van der Waals surface area contributed by atoms with Crippen molar-refractivity contribution in [3.05, 3.63) is 15.5 Å². The number of hydrogen-bond donors (Lipinski definition) is 0. The Hall–Kier alpha value is -0.390. The maximum Gasteiger partial charge on any atom is 0.154 e. The van der Waals surface area contributed by atoms with Crippen molar-refractivity contribution in [2.45, 2.75) is 31.7 Å². The molecule has 1 fully saturated rings. The molecule has 0 bridgehead atoms. The van der Waals surface area contributed by atoms with E-state index in [1.54, 1.807) is 0 Å². The number of halogens is 1. The SMILES string of the molecule is O=Cc1cn(C2CCCC2)nc1I. The first-order valence-corrected chi connectivity index (χ1v) is 5.59. The molecule has 0 radical (unpaired) electrons. The van der Waals surface area contributed by atoms with Crippen molar-refractivity contribution in [1.82, 2.24) is 9.78 Å². The van der Waals surface area contributed by atoms with Gasteiger partial charge < -0.3 is 0 Å². The highest BCUT2D eigenvalue weighted by atomic mass is 127. The van der Waals surface area contributed by atoms with Gasteiger partial charge in [-0.05, 0) is 35.4 Å². The summed E-state index contributed by atoms with van der Waals surface area (Å²) < 4.78 is 2.78. The zero-order chi connectivity index (χ0) is 9.26. The van der Waals surface area contributed by atoms with E-state index in [2.05, 4.69) is 27.7 Å². The first-order chi connectivity index (χ1) is 6.31. The second kappa shape index (κ2) is 3.77. The molecule has 4 heteroatoms. The second-order valence-corrected chi connectivity index (χ2v) is 4.43. The van der Waals surface area contributed by atoms with Gasteiger partial charge in [-0.25, -0.2) is 0 Å². The third kappa shape index (κ3) is 1.77. The molecule has 0 spiro atoms. The van der Waals surface area contributed by atoms with Gasteiger partial charge in [0.15, 0.2) is 6.29 Å². The average Bonchev–Trinajstić information content (AvgIpc) is 2.71. The summed E-state index contributed by atoms with van der Waals surface area (Å²) in [7, 11) is 0. The Balaban J connectivity index is 2.24. The molecule has 1 aliphatic carbocycles. The third-order valence-corrected chi connectivity index (χ3v) is 3.38. The molecule has 1 aromatic rings. The van der Waals surface area contributed by atoms with Crippen LogP contribution in [-0.4, -0.2) is 16.1 Å². The normalized spacial score (nSPS) is 17.9. The fourth-order valence-electron chi connectivity index (χ4n) is 1.82. The summed E-state index contributed by atoms with van der Waals surface area (Å²) in [6, 6.07) is 0.530. The summed E-state index contributed by atoms with van der Waals surface area (Å²) in [6.07, 6.45) is 7.73. The Labute approximate surface area is 90.6 Å². The summed E-state index contributed by atoms with van der Waals surface area (Å²) in [5.41, 5.74) is 0.715. The van der Waals surface area contributed by atoms with Crippen molar-refractivity contribution in [3.8, 4) is 0 Å². The van der Waals surface area contributed by atoms with E-state index in [0.717, 1.165) is 9.99 Å². The lowest BCUT2D eigenvalue weighted by molar-refractivity contribution is 0.112. The largest absolute Gasteiger partial charge is 0.298 e. The van der Waals surface area contributed by atoms with Crippen molar-refractivity contribution < 1.29 is 4.79 Å². The zero-order valence-corrected chi connectivity index (χ0v) is 9.40. The molecule has 1 heterocycles. The van der Waals surface area contributed by atoms with Crippen molar-refractivity contribution in [1.29, 1.82) is 0 Å². The molecule has 13 heavy (non-hydrogen) atoms. The van der Waals surface area contributed by atoms with Gasteiger partial charge in [0, 0.05) is 6.20 Å². The van der Waals surface area contributed by atoms with Crippen molar-refractivity contribution >= 4 is 28.9 Å². The standard InChI is InChI=1S/C9H11IN2O/c10-9-7(6-13)5-12(11-9)8-3-1-2-4-8/h5-6,8H,1-4H2. The van der Waals surface area contributed by atoms with Gasteiger partial charge in [0.25, 0.3) is 0 Å².